The number of nitrogens with one attached hydrogen (secondary N) is 1. The Bertz CT molecular complexity index is 880. The van der Waals surface area contributed by atoms with Crippen molar-refractivity contribution in [2.24, 2.45) is 5.73 Å². The van der Waals surface area contributed by atoms with Gasteiger partial charge in [-0.1, -0.05) is 0 Å². The van der Waals surface area contributed by atoms with Crippen molar-refractivity contribution in [3.63, 3.8) is 0 Å². The molecular weight excluding hydrogens is 348 g/mol. The first-order valence-corrected chi connectivity index (χ1v) is 9.21. The Morgan fingerprint density at radius 3 is 2.59 bits per heavy atom. The molecule has 2 aromatic rings. The largest absolute Gasteiger partial charge is 0.370 e. The zero-order valence-electron chi connectivity index (χ0n) is 14.9. The number of carbonyl (C=O) groups excluding carboxylic acids is 3. The highest BCUT2D eigenvalue weighted by atomic mass is 16.2. The number of rotatable bonds is 5. The van der Waals surface area contributed by atoms with Gasteiger partial charge < -0.3 is 16.0 Å². The van der Waals surface area contributed by atoms with Crippen molar-refractivity contribution in [1.29, 1.82) is 0 Å². The summed E-state index contributed by atoms with van der Waals surface area (Å²) in [5.74, 6) is -0.601. The minimum atomic E-state index is -0.456. The maximum Gasteiger partial charge on any atom is 0.253 e. The van der Waals surface area contributed by atoms with Gasteiger partial charge in [-0.2, -0.15) is 0 Å². The van der Waals surface area contributed by atoms with E-state index in [1.54, 1.807) is 29.1 Å². The molecule has 2 aliphatic heterocycles. The minimum Gasteiger partial charge on any atom is -0.370 e. The van der Waals surface area contributed by atoms with Crippen molar-refractivity contribution >= 4 is 23.4 Å². The number of amides is 3. The van der Waals surface area contributed by atoms with Crippen LogP contribution in [-0.4, -0.2) is 55.3 Å². The van der Waals surface area contributed by atoms with E-state index >= 15 is 0 Å². The van der Waals surface area contributed by atoms with Gasteiger partial charge in [-0.25, -0.2) is 0 Å². The van der Waals surface area contributed by atoms with Gasteiger partial charge in [0.05, 0.1) is 5.56 Å². The second-order valence-corrected chi connectivity index (χ2v) is 7.31. The Labute approximate surface area is 155 Å². The number of nitrogens with zero attached hydrogens (tertiary/aromatic N) is 4. The Hall–Kier alpha value is -2.97. The molecule has 0 aliphatic carbocycles. The van der Waals surface area contributed by atoms with E-state index in [9.17, 15) is 14.4 Å². The average Bonchev–Trinajstić information content (AvgIpc) is 3.21. The molecule has 3 amide bonds. The van der Waals surface area contributed by atoms with Crippen molar-refractivity contribution in [3.05, 3.63) is 30.2 Å². The van der Waals surface area contributed by atoms with E-state index in [1.165, 1.54) is 0 Å². The standard InChI is InChI=1S/C18H22N6O3/c19-15(25)4-6-17(26)24-13-2-3-14(24)8-12(7-13)21-18(27)11-1-5-16-22-20-10-23(16)9-11/h1,5,9-10,12-14H,2-4,6-8H2,(H2,19,25)(H,21,27). The first-order valence-electron chi connectivity index (χ1n) is 9.21. The number of nitrogens with two attached hydrogens (primary N) is 1. The third kappa shape index (κ3) is 3.49. The lowest BCUT2D eigenvalue weighted by Gasteiger charge is -2.39. The zero-order chi connectivity index (χ0) is 19.0. The predicted octanol–water partition coefficient (Wildman–Crippen LogP) is 0.247. The number of hydrogen-bond acceptors (Lipinski definition) is 5. The monoisotopic (exact) mass is 370 g/mol. The van der Waals surface area contributed by atoms with Gasteiger partial charge in [-0.15, -0.1) is 10.2 Å². The van der Waals surface area contributed by atoms with E-state index in [-0.39, 0.29) is 42.8 Å². The van der Waals surface area contributed by atoms with Crippen LogP contribution in [0.25, 0.3) is 5.65 Å². The number of carbonyl (C=O) groups is 3. The molecule has 2 saturated heterocycles. The summed E-state index contributed by atoms with van der Waals surface area (Å²) in [4.78, 5) is 37.9. The Balaban J connectivity index is 1.38. The highest BCUT2D eigenvalue weighted by Gasteiger charge is 2.43. The average molecular weight is 370 g/mol. The molecule has 9 heteroatoms. The molecule has 0 spiro atoms. The number of pyridine rings is 1. The Morgan fingerprint density at radius 1 is 1.15 bits per heavy atom. The Kier molecular flexibility index (Phi) is 4.51. The fourth-order valence-corrected chi connectivity index (χ4v) is 4.29. The van der Waals surface area contributed by atoms with Crippen molar-refractivity contribution < 1.29 is 14.4 Å². The molecule has 2 unspecified atom stereocenters. The molecule has 2 aliphatic rings. The molecule has 2 atom stereocenters. The van der Waals surface area contributed by atoms with Crippen LogP contribution in [0.1, 0.15) is 48.9 Å². The number of primary amides is 1. The molecule has 4 rings (SSSR count). The smallest absolute Gasteiger partial charge is 0.253 e. The second-order valence-electron chi connectivity index (χ2n) is 7.31. The number of piperidine rings is 1. The maximum absolute atomic E-state index is 12.6. The van der Waals surface area contributed by atoms with Gasteiger partial charge in [-0.05, 0) is 37.8 Å². The molecular formula is C18H22N6O3. The number of aromatic nitrogens is 3. The van der Waals surface area contributed by atoms with Gasteiger partial charge in [-0.3, -0.25) is 18.8 Å². The summed E-state index contributed by atoms with van der Waals surface area (Å²) in [5, 5.41) is 10.8. The normalized spacial score (nSPS) is 24.1. The molecule has 0 radical (unpaired) electrons. The molecule has 2 bridgehead atoms. The predicted molar refractivity (Wildman–Crippen MR) is 95.6 cm³/mol. The van der Waals surface area contributed by atoms with Gasteiger partial charge in [0.15, 0.2) is 5.65 Å². The third-order valence-electron chi connectivity index (χ3n) is 5.49. The fourth-order valence-electron chi connectivity index (χ4n) is 4.29. The summed E-state index contributed by atoms with van der Waals surface area (Å²) in [6.07, 6.45) is 6.86. The topological polar surface area (TPSA) is 123 Å². The van der Waals surface area contributed by atoms with Crippen LogP contribution >= 0.6 is 0 Å². The molecule has 27 heavy (non-hydrogen) atoms. The molecule has 142 valence electrons. The van der Waals surface area contributed by atoms with Crippen molar-refractivity contribution in [2.45, 2.75) is 56.7 Å². The molecule has 0 aromatic carbocycles. The zero-order valence-corrected chi connectivity index (χ0v) is 14.9. The van der Waals surface area contributed by atoms with Crippen LogP contribution in [0, 0.1) is 0 Å². The van der Waals surface area contributed by atoms with Crippen molar-refractivity contribution in [1.82, 2.24) is 24.8 Å². The lowest BCUT2D eigenvalue weighted by atomic mass is 9.96. The SMILES string of the molecule is NC(=O)CCC(=O)N1C2CCC1CC(NC(=O)c1ccc3nncn3c1)C2. The Morgan fingerprint density at radius 2 is 1.89 bits per heavy atom. The van der Waals surface area contributed by atoms with Gasteiger partial charge in [0.25, 0.3) is 5.91 Å². The fraction of sp³-hybridized carbons (Fsp3) is 0.500. The molecule has 4 heterocycles. The van der Waals surface area contributed by atoms with Gasteiger partial charge in [0.2, 0.25) is 11.8 Å². The summed E-state index contributed by atoms with van der Waals surface area (Å²) >= 11 is 0. The van der Waals surface area contributed by atoms with E-state index in [0.717, 1.165) is 25.7 Å². The number of fused-ring (bicyclic) bond motifs is 3. The van der Waals surface area contributed by atoms with E-state index in [2.05, 4.69) is 15.5 Å². The summed E-state index contributed by atoms with van der Waals surface area (Å²) in [6.45, 7) is 0. The summed E-state index contributed by atoms with van der Waals surface area (Å²) in [7, 11) is 0. The van der Waals surface area contributed by atoms with Crippen LogP contribution < -0.4 is 11.1 Å². The van der Waals surface area contributed by atoms with E-state index < -0.39 is 5.91 Å². The third-order valence-corrected chi connectivity index (χ3v) is 5.49. The molecule has 2 aromatic heterocycles. The molecule has 3 N–H and O–H groups in total. The second kappa shape index (κ2) is 6.98. The molecule has 0 saturated carbocycles. The van der Waals surface area contributed by atoms with Crippen LogP contribution in [0.15, 0.2) is 24.7 Å². The first kappa shape index (κ1) is 17.4. The van der Waals surface area contributed by atoms with Crippen LogP contribution in [0.5, 0.6) is 0 Å². The van der Waals surface area contributed by atoms with E-state index in [4.69, 9.17) is 5.73 Å². The van der Waals surface area contributed by atoms with Crippen molar-refractivity contribution in [3.8, 4) is 0 Å². The summed E-state index contributed by atoms with van der Waals surface area (Å²) in [6, 6.07) is 3.76. The van der Waals surface area contributed by atoms with Crippen LogP contribution in [0.3, 0.4) is 0 Å². The highest BCUT2D eigenvalue weighted by Crippen LogP contribution is 2.36. The van der Waals surface area contributed by atoms with Gasteiger partial charge in [0, 0.05) is 37.2 Å². The van der Waals surface area contributed by atoms with E-state index in [1.807, 2.05) is 4.90 Å². The van der Waals surface area contributed by atoms with Gasteiger partial charge in [0.1, 0.15) is 6.33 Å². The minimum absolute atomic E-state index is 0.0101. The molecule has 9 nitrogen and oxygen atoms in total. The first-order chi connectivity index (χ1) is 13.0. The summed E-state index contributed by atoms with van der Waals surface area (Å²) in [5.41, 5.74) is 6.39. The van der Waals surface area contributed by atoms with Crippen LogP contribution in [0.4, 0.5) is 0 Å². The maximum atomic E-state index is 12.6. The lowest BCUT2D eigenvalue weighted by Crippen LogP contribution is -2.52. The molecule has 2 fully saturated rings. The number of hydrogen-bond donors (Lipinski definition) is 2. The van der Waals surface area contributed by atoms with Crippen LogP contribution in [0.2, 0.25) is 0 Å². The van der Waals surface area contributed by atoms with E-state index in [0.29, 0.717) is 11.2 Å². The van der Waals surface area contributed by atoms with Crippen molar-refractivity contribution in [2.75, 3.05) is 0 Å². The quantitative estimate of drug-likeness (QED) is 0.781. The van der Waals surface area contributed by atoms with Crippen LogP contribution in [-0.2, 0) is 9.59 Å². The highest BCUT2D eigenvalue weighted by molar-refractivity contribution is 5.94. The summed E-state index contributed by atoms with van der Waals surface area (Å²) < 4.78 is 1.71. The van der Waals surface area contributed by atoms with Gasteiger partial charge >= 0.3 is 0 Å². The lowest BCUT2D eigenvalue weighted by molar-refractivity contribution is -0.137.